The van der Waals surface area contributed by atoms with Crippen LogP contribution in [-0.4, -0.2) is 25.6 Å². The Morgan fingerprint density at radius 1 is 0.800 bits per heavy atom. The Hall–Kier alpha value is -2.20. The molecule has 1 fully saturated rings. The predicted molar refractivity (Wildman–Crippen MR) is 121 cm³/mol. The Bertz CT molecular complexity index is 720. The molecular weight excluding hydrogens is 376 g/mol. The Morgan fingerprint density at radius 3 is 2.10 bits per heavy atom. The molecule has 164 valence electrons. The minimum Gasteiger partial charge on any atom is -0.491 e. The highest BCUT2D eigenvalue weighted by molar-refractivity contribution is 5.31. The summed E-state index contributed by atoms with van der Waals surface area (Å²) in [5, 5.41) is 0. The molecule has 0 amide bonds. The van der Waals surface area contributed by atoms with Gasteiger partial charge in [-0.15, -0.1) is 0 Å². The summed E-state index contributed by atoms with van der Waals surface area (Å²) in [5.74, 6) is 3.14. The number of rotatable bonds is 11. The molecule has 0 aromatic heterocycles. The summed E-state index contributed by atoms with van der Waals surface area (Å²) < 4.78 is 23.4. The van der Waals surface area contributed by atoms with Gasteiger partial charge in [-0.05, 0) is 86.9 Å². The van der Waals surface area contributed by atoms with Crippen LogP contribution in [0, 0.1) is 0 Å². The van der Waals surface area contributed by atoms with Crippen molar-refractivity contribution < 1.29 is 18.9 Å². The average Bonchev–Trinajstić information content (AvgIpc) is 2.78. The lowest BCUT2D eigenvalue weighted by Gasteiger charge is -2.23. The highest BCUT2D eigenvalue weighted by atomic mass is 16.7. The fraction of sp³-hybridized carbons (Fsp3) is 0.538. The number of benzene rings is 2. The molecule has 1 saturated carbocycles. The van der Waals surface area contributed by atoms with Crippen LogP contribution >= 0.6 is 0 Å². The van der Waals surface area contributed by atoms with Crippen LogP contribution in [0.15, 0.2) is 48.5 Å². The predicted octanol–water partition coefficient (Wildman–Crippen LogP) is 6.73. The molecule has 0 saturated heterocycles. The van der Waals surface area contributed by atoms with E-state index in [4.69, 9.17) is 18.9 Å². The third kappa shape index (κ3) is 7.24. The zero-order chi connectivity index (χ0) is 21.2. The second-order valence-corrected chi connectivity index (χ2v) is 8.13. The first-order chi connectivity index (χ1) is 14.6. The molecule has 0 aliphatic heterocycles. The lowest BCUT2D eigenvalue weighted by Crippen LogP contribution is -2.20. The molecule has 0 radical (unpaired) electrons. The zero-order valence-electron chi connectivity index (χ0n) is 18.6. The standard InChI is InChI=1S/C26H36O4/c1-4-20(2)22-10-12-25(13-11-22)29-21(3)27-18-19-28-23-14-16-26(17-15-23)30-24-8-6-5-7-9-24/h10-17,20-21,24H,4-9,18-19H2,1-3H3. The highest BCUT2D eigenvalue weighted by Crippen LogP contribution is 2.25. The molecule has 2 atom stereocenters. The van der Waals surface area contributed by atoms with Gasteiger partial charge in [0.25, 0.3) is 0 Å². The molecule has 30 heavy (non-hydrogen) atoms. The number of hydrogen-bond donors (Lipinski definition) is 0. The van der Waals surface area contributed by atoms with E-state index in [1.165, 1.54) is 24.8 Å². The van der Waals surface area contributed by atoms with Crippen molar-refractivity contribution in [1.82, 2.24) is 0 Å². The summed E-state index contributed by atoms with van der Waals surface area (Å²) in [4.78, 5) is 0. The van der Waals surface area contributed by atoms with Gasteiger partial charge < -0.3 is 18.9 Å². The molecule has 1 aliphatic rings. The summed E-state index contributed by atoms with van der Waals surface area (Å²) in [6, 6.07) is 16.2. The van der Waals surface area contributed by atoms with Gasteiger partial charge in [0.1, 0.15) is 23.9 Å². The molecule has 0 bridgehead atoms. The second-order valence-electron chi connectivity index (χ2n) is 8.13. The molecule has 0 spiro atoms. The van der Waals surface area contributed by atoms with Crippen LogP contribution in [-0.2, 0) is 4.74 Å². The molecule has 0 N–H and O–H groups in total. The van der Waals surface area contributed by atoms with E-state index in [2.05, 4.69) is 26.0 Å². The van der Waals surface area contributed by atoms with Crippen LogP contribution in [0.4, 0.5) is 0 Å². The van der Waals surface area contributed by atoms with Gasteiger partial charge in [0.2, 0.25) is 0 Å². The molecule has 4 nitrogen and oxygen atoms in total. The van der Waals surface area contributed by atoms with Crippen LogP contribution in [0.3, 0.4) is 0 Å². The van der Waals surface area contributed by atoms with Crippen molar-refractivity contribution in [3.63, 3.8) is 0 Å². The second kappa shape index (κ2) is 11.8. The van der Waals surface area contributed by atoms with Crippen LogP contribution in [0.25, 0.3) is 0 Å². The van der Waals surface area contributed by atoms with Crippen molar-refractivity contribution in [2.24, 2.45) is 0 Å². The molecule has 4 heteroatoms. The molecule has 3 rings (SSSR count). The Labute approximate surface area is 181 Å². The third-order valence-electron chi connectivity index (χ3n) is 5.75. The van der Waals surface area contributed by atoms with Crippen LogP contribution in [0.2, 0.25) is 0 Å². The maximum atomic E-state index is 6.05. The fourth-order valence-electron chi connectivity index (χ4n) is 3.70. The Balaban J connectivity index is 1.33. The third-order valence-corrected chi connectivity index (χ3v) is 5.75. The zero-order valence-corrected chi connectivity index (χ0v) is 18.6. The van der Waals surface area contributed by atoms with Crippen molar-refractivity contribution in [2.75, 3.05) is 13.2 Å². The van der Waals surface area contributed by atoms with Crippen LogP contribution < -0.4 is 14.2 Å². The van der Waals surface area contributed by atoms with E-state index in [0.29, 0.717) is 25.2 Å². The fourth-order valence-corrected chi connectivity index (χ4v) is 3.70. The molecule has 2 unspecified atom stereocenters. The monoisotopic (exact) mass is 412 g/mol. The Morgan fingerprint density at radius 2 is 1.43 bits per heavy atom. The largest absolute Gasteiger partial charge is 0.491 e. The van der Waals surface area contributed by atoms with Crippen molar-refractivity contribution in [3.05, 3.63) is 54.1 Å². The van der Waals surface area contributed by atoms with Crippen LogP contribution in [0.5, 0.6) is 17.2 Å². The number of ether oxygens (including phenoxy) is 4. The quantitative estimate of drug-likeness (QED) is 0.303. The van der Waals surface area contributed by atoms with E-state index in [1.807, 2.05) is 43.3 Å². The summed E-state index contributed by atoms with van der Waals surface area (Å²) in [6.07, 6.45) is 7.39. The van der Waals surface area contributed by atoms with Crippen molar-refractivity contribution >= 4 is 0 Å². The van der Waals surface area contributed by atoms with Gasteiger partial charge in [-0.25, -0.2) is 0 Å². The first kappa shape index (κ1) is 22.5. The van der Waals surface area contributed by atoms with E-state index in [0.717, 1.165) is 36.5 Å². The van der Waals surface area contributed by atoms with Gasteiger partial charge in [0.15, 0.2) is 6.29 Å². The minimum atomic E-state index is -0.325. The van der Waals surface area contributed by atoms with Gasteiger partial charge >= 0.3 is 0 Å². The SMILES string of the molecule is CCC(C)c1ccc(OC(C)OCCOc2ccc(OC3CCCCC3)cc2)cc1. The van der Waals surface area contributed by atoms with E-state index in [1.54, 1.807) is 0 Å². The lowest BCUT2D eigenvalue weighted by atomic mass is 9.98. The maximum Gasteiger partial charge on any atom is 0.197 e. The van der Waals surface area contributed by atoms with Gasteiger partial charge in [-0.1, -0.05) is 32.4 Å². The lowest BCUT2D eigenvalue weighted by molar-refractivity contribution is -0.0739. The smallest absolute Gasteiger partial charge is 0.197 e. The van der Waals surface area contributed by atoms with Crippen molar-refractivity contribution in [2.45, 2.75) is 77.6 Å². The van der Waals surface area contributed by atoms with Gasteiger partial charge in [0.05, 0.1) is 12.7 Å². The van der Waals surface area contributed by atoms with Crippen molar-refractivity contribution in [1.29, 1.82) is 0 Å². The summed E-state index contributed by atoms with van der Waals surface area (Å²) >= 11 is 0. The molecule has 2 aromatic rings. The van der Waals surface area contributed by atoms with E-state index in [-0.39, 0.29) is 6.29 Å². The van der Waals surface area contributed by atoms with Crippen LogP contribution in [0.1, 0.15) is 70.8 Å². The van der Waals surface area contributed by atoms with E-state index < -0.39 is 0 Å². The number of hydrogen-bond acceptors (Lipinski definition) is 4. The maximum absolute atomic E-state index is 6.05. The van der Waals surface area contributed by atoms with Crippen molar-refractivity contribution in [3.8, 4) is 17.2 Å². The summed E-state index contributed by atoms with van der Waals surface area (Å²) in [5.41, 5.74) is 1.34. The summed E-state index contributed by atoms with van der Waals surface area (Å²) in [6.45, 7) is 7.28. The molecule has 0 heterocycles. The van der Waals surface area contributed by atoms with E-state index in [9.17, 15) is 0 Å². The molecule has 2 aromatic carbocycles. The highest BCUT2D eigenvalue weighted by Gasteiger charge is 2.14. The first-order valence-corrected chi connectivity index (χ1v) is 11.4. The summed E-state index contributed by atoms with van der Waals surface area (Å²) in [7, 11) is 0. The van der Waals surface area contributed by atoms with E-state index >= 15 is 0 Å². The average molecular weight is 413 g/mol. The molecular formula is C26H36O4. The van der Waals surface area contributed by atoms with Gasteiger partial charge in [0, 0.05) is 0 Å². The first-order valence-electron chi connectivity index (χ1n) is 11.4. The normalized spacial score (nSPS) is 16.6. The van der Waals surface area contributed by atoms with Gasteiger partial charge in [-0.3, -0.25) is 0 Å². The Kier molecular flexibility index (Phi) is 8.88. The topological polar surface area (TPSA) is 36.9 Å². The minimum absolute atomic E-state index is 0.325. The van der Waals surface area contributed by atoms with Gasteiger partial charge in [-0.2, -0.15) is 0 Å². The molecule has 1 aliphatic carbocycles.